The molecule has 0 aliphatic rings. The summed E-state index contributed by atoms with van der Waals surface area (Å²) in [6.45, 7) is 0.409. The van der Waals surface area contributed by atoms with Gasteiger partial charge in [0.05, 0.1) is 30.8 Å². The van der Waals surface area contributed by atoms with E-state index in [1.54, 1.807) is 56.7 Å². The minimum Gasteiger partial charge on any atom is -0.497 e. The molecule has 1 amide bonds. The number of hydrogen-bond acceptors (Lipinski definition) is 5. The summed E-state index contributed by atoms with van der Waals surface area (Å²) in [6.07, 6.45) is 0.589. The van der Waals surface area contributed by atoms with Crippen LogP contribution in [0.5, 0.6) is 11.5 Å². The zero-order chi connectivity index (χ0) is 21.5. The fourth-order valence-corrected chi connectivity index (χ4v) is 4.18. The van der Waals surface area contributed by atoms with Crippen molar-refractivity contribution in [2.75, 3.05) is 20.8 Å². The van der Waals surface area contributed by atoms with Gasteiger partial charge >= 0.3 is 0 Å². The topological polar surface area (TPSA) is 77.8 Å². The smallest absolute Gasteiger partial charge is 0.287 e. The molecule has 3 rings (SSSR count). The van der Waals surface area contributed by atoms with Gasteiger partial charge < -0.3 is 19.2 Å². The van der Waals surface area contributed by atoms with Gasteiger partial charge in [0.25, 0.3) is 5.91 Å². The summed E-state index contributed by atoms with van der Waals surface area (Å²) < 4.78 is 28.6. The van der Waals surface area contributed by atoms with E-state index in [0.29, 0.717) is 40.1 Å². The molecule has 2 aromatic carbocycles. The van der Waals surface area contributed by atoms with Gasteiger partial charge in [0.2, 0.25) is 0 Å². The van der Waals surface area contributed by atoms with Crippen molar-refractivity contribution in [3.8, 4) is 11.5 Å². The van der Waals surface area contributed by atoms with Crippen molar-refractivity contribution >= 4 is 28.3 Å². The molecular formula is C22H22ClNO5S. The number of carbonyl (C=O) groups is 1. The zero-order valence-corrected chi connectivity index (χ0v) is 18.2. The molecule has 3 aromatic rings. The van der Waals surface area contributed by atoms with Gasteiger partial charge in [0.1, 0.15) is 17.3 Å². The molecule has 1 heterocycles. The second-order valence-corrected chi connectivity index (χ2v) is 8.28. The van der Waals surface area contributed by atoms with Crippen LogP contribution in [0.4, 0.5) is 0 Å². The normalized spacial score (nSPS) is 11.7. The Bertz CT molecular complexity index is 1050. The summed E-state index contributed by atoms with van der Waals surface area (Å²) in [4.78, 5) is 13.0. The van der Waals surface area contributed by atoms with E-state index in [1.807, 2.05) is 12.1 Å². The average Bonchev–Trinajstić information content (AvgIpc) is 3.22. The number of hydrogen-bond donors (Lipinski definition) is 1. The lowest BCUT2D eigenvalue weighted by atomic mass is 10.1. The van der Waals surface area contributed by atoms with Gasteiger partial charge in [-0.15, -0.1) is 0 Å². The maximum Gasteiger partial charge on any atom is 0.287 e. The molecule has 0 saturated heterocycles. The molecule has 1 atom stereocenters. The fourth-order valence-electron chi connectivity index (χ4n) is 2.85. The predicted octanol–water partition coefficient (Wildman–Crippen LogP) is 4.23. The third kappa shape index (κ3) is 5.64. The van der Waals surface area contributed by atoms with Gasteiger partial charge in [-0.05, 0) is 48.4 Å². The first kappa shape index (κ1) is 21.9. The molecule has 1 N–H and O–H groups in total. The number of benzene rings is 2. The van der Waals surface area contributed by atoms with Crippen LogP contribution in [0.25, 0.3) is 0 Å². The summed E-state index contributed by atoms with van der Waals surface area (Å²) in [7, 11) is 1.87. The maximum absolute atomic E-state index is 12.5. The SMILES string of the molecule is COc1ccc(CCNC(=O)c2ccc(C[S@@](=O)c3cccc(Cl)c3)o2)c(OC)c1. The van der Waals surface area contributed by atoms with Crippen LogP contribution < -0.4 is 14.8 Å². The molecule has 6 nitrogen and oxygen atoms in total. The highest BCUT2D eigenvalue weighted by atomic mass is 35.5. The molecule has 0 unspecified atom stereocenters. The molecule has 0 aliphatic heterocycles. The minimum absolute atomic E-state index is 0.163. The number of ether oxygens (including phenoxy) is 2. The van der Waals surface area contributed by atoms with Crippen molar-refractivity contribution in [3.05, 3.63) is 76.7 Å². The van der Waals surface area contributed by atoms with Crippen molar-refractivity contribution < 1.29 is 22.9 Å². The molecular weight excluding hydrogens is 426 g/mol. The third-order valence-corrected chi connectivity index (χ3v) is 5.95. The van der Waals surface area contributed by atoms with Crippen molar-refractivity contribution in [2.45, 2.75) is 17.1 Å². The summed E-state index contributed by atoms with van der Waals surface area (Å²) >= 11 is 5.94. The van der Waals surface area contributed by atoms with E-state index in [4.69, 9.17) is 25.5 Å². The third-order valence-electron chi connectivity index (χ3n) is 4.39. The molecule has 158 valence electrons. The van der Waals surface area contributed by atoms with Crippen LogP contribution in [0.1, 0.15) is 21.9 Å². The second-order valence-electron chi connectivity index (χ2n) is 6.40. The molecule has 0 saturated carbocycles. The van der Waals surface area contributed by atoms with Crippen LogP contribution in [-0.2, 0) is 23.0 Å². The number of furan rings is 1. The minimum atomic E-state index is -1.32. The van der Waals surface area contributed by atoms with Gasteiger partial charge in [0.15, 0.2) is 5.76 Å². The van der Waals surface area contributed by atoms with E-state index < -0.39 is 10.8 Å². The Morgan fingerprint density at radius 3 is 2.67 bits per heavy atom. The highest BCUT2D eigenvalue weighted by Gasteiger charge is 2.14. The van der Waals surface area contributed by atoms with Crippen LogP contribution >= 0.6 is 11.6 Å². The van der Waals surface area contributed by atoms with E-state index >= 15 is 0 Å². The number of carbonyl (C=O) groups excluding carboxylic acids is 1. The second kappa shape index (κ2) is 10.3. The lowest BCUT2D eigenvalue weighted by molar-refractivity contribution is 0.0925. The Hall–Kier alpha value is -2.77. The van der Waals surface area contributed by atoms with Crippen molar-refractivity contribution in [3.63, 3.8) is 0 Å². The molecule has 8 heteroatoms. The van der Waals surface area contributed by atoms with Crippen LogP contribution in [-0.4, -0.2) is 30.9 Å². The summed E-state index contributed by atoms with van der Waals surface area (Å²) in [5.74, 6) is 1.88. The fraction of sp³-hybridized carbons (Fsp3) is 0.227. The Morgan fingerprint density at radius 1 is 1.10 bits per heavy atom. The quantitative estimate of drug-likeness (QED) is 0.531. The molecule has 30 heavy (non-hydrogen) atoms. The molecule has 0 fully saturated rings. The monoisotopic (exact) mass is 447 g/mol. The van der Waals surface area contributed by atoms with Crippen LogP contribution in [0.15, 0.2) is 63.9 Å². The van der Waals surface area contributed by atoms with Crippen LogP contribution in [0.2, 0.25) is 5.02 Å². The standard InChI is InChI=1S/C22H22ClNO5S/c1-27-17-7-6-15(21(13-17)28-2)10-11-24-22(25)20-9-8-18(29-20)14-30(26)19-5-3-4-16(23)12-19/h3-9,12-13H,10-11,14H2,1-2H3,(H,24,25)/t30-/m1/s1. The summed E-state index contributed by atoms with van der Waals surface area (Å²) in [6, 6.07) is 15.6. The van der Waals surface area contributed by atoms with Gasteiger partial charge in [-0.1, -0.05) is 23.7 Å². The number of rotatable bonds is 9. The number of amides is 1. The molecule has 0 spiro atoms. The Kier molecular flexibility index (Phi) is 7.54. The lowest BCUT2D eigenvalue weighted by Gasteiger charge is -2.10. The highest BCUT2D eigenvalue weighted by Crippen LogP contribution is 2.24. The van der Waals surface area contributed by atoms with Crippen molar-refractivity contribution in [1.82, 2.24) is 5.32 Å². The first-order valence-corrected chi connectivity index (χ1v) is 10.9. The first-order valence-electron chi connectivity index (χ1n) is 9.22. The van der Waals surface area contributed by atoms with Gasteiger partial charge in [-0.2, -0.15) is 0 Å². The number of nitrogens with one attached hydrogen (secondary N) is 1. The Labute approximate surface area is 182 Å². The Morgan fingerprint density at radius 2 is 1.93 bits per heavy atom. The Balaban J connectivity index is 1.54. The predicted molar refractivity (Wildman–Crippen MR) is 116 cm³/mol. The van der Waals surface area contributed by atoms with E-state index in [1.165, 1.54) is 0 Å². The van der Waals surface area contributed by atoms with Gasteiger partial charge in [-0.25, -0.2) is 0 Å². The number of methoxy groups -OCH3 is 2. The largest absolute Gasteiger partial charge is 0.497 e. The van der Waals surface area contributed by atoms with Crippen molar-refractivity contribution in [2.24, 2.45) is 0 Å². The van der Waals surface area contributed by atoms with Crippen LogP contribution in [0, 0.1) is 0 Å². The van der Waals surface area contributed by atoms with E-state index in [0.717, 1.165) is 5.56 Å². The highest BCUT2D eigenvalue weighted by molar-refractivity contribution is 7.84. The van der Waals surface area contributed by atoms with Gasteiger partial charge in [-0.3, -0.25) is 9.00 Å². The van der Waals surface area contributed by atoms with E-state index in [2.05, 4.69) is 5.32 Å². The summed E-state index contributed by atoms with van der Waals surface area (Å²) in [5, 5.41) is 3.34. The van der Waals surface area contributed by atoms with Crippen molar-refractivity contribution in [1.29, 1.82) is 0 Å². The molecule has 1 aromatic heterocycles. The summed E-state index contributed by atoms with van der Waals surface area (Å²) in [5.41, 5.74) is 0.954. The van der Waals surface area contributed by atoms with E-state index in [-0.39, 0.29) is 17.4 Å². The zero-order valence-electron chi connectivity index (χ0n) is 16.6. The van der Waals surface area contributed by atoms with Gasteiger partial charge in [0, 0.05) is 22.5 Å². The maximum atomic E-state index is 12.5. The lowest BCUT2D eigenvalue weighted by Crippen LogP contribution is -2.25. The van der Waals surface area contributed by atoms with E-state index in [9.17, 15) is 9.00 Å². The first-order chi connectivity index (χ1) is 14.5. The molecule has 0 aliphatic carbocycles. The van der Waals surface area contributed by atoms with Crippen LogP contribution in [0.3, 0.4) is 0 Å². The number of halogens is 1. The molecule has 0 bridgehead atoms. The molecule has 0 radical (unpaired) electrons. The average molecular weight is 448 g/mol.